The van der Waals surface area contributed by atoms with Crippen LogP contribution in [0.15, 0.2) is 36.6 Å². The fourth-order valence-electron chi connectivity index (χ4n) is 6.73. The first kappa shape index (κ1) is 51.2. The number of aliphatic hydroxyl groups excluding tert-OH is 2. The predicted octanol–water partition coefficient (Wildman–Crippen LogP) is 9.57. The van der Waals surface area contributed by atoms with Gasteiger partial charge in [-0.1, -0.05) is 122 Å². The molecule has 0 aromatic heterocycles. The summed E-state index contributed by atoms with van der Waals surface area (Å²) in [6.07, 6.45) is 32.9. The lowest BCUT2D eigenvalue weighted by atomic mass is 9.88. The molecule has 0 bridgehead atoms. The summed E-state index contributed by atoms with van der Waals surface area (Å²) < 4.78 is 33.1. The van der Waals surface area contributed by atoms with Crippen molar-refractivity contribution in [2.75, 3.05) is 26.4 Å². The van der Waals surface area contributed by atoms with Crippen LogP contribution in [-0.2, 0) is 32.7 Å². The number of phosphoric acid groups is 1. The summed E-state index contributed by atoms with van der Waals surface area (Å²) in [5.41, 5.74) is 5.36. The number of Topliss-reactive ketones (excluding diaryl/α,β-unsaturated/α-hetero) is 1. The Bertz CT molecular complexity index is 1100. The van der Waals surface area contributed by atoms with E-state index in [4.69, 9.17) is 24.3 Å². The van der Waals surface area contributed by atoms with E-state index in [2.05, 4.69) is 26.0 Å². The van der Waals surface area contributed by atoms with Crippen molar-refractivity contribution >= 4 is 19.6 Å². The van der Waals surface area contributed by atoms with Gasteiger partial charge >= 0.3 is 13.8 Å². The topological polar surface area (TPSA) is 175 Å². The third-order valence-corrected chi connectivity index (χ3v) is 11.0. The summed E-state index contributed by atoms with van der Waals surface area (Å²) in [6, 6.07) is 0. The van der Waals surface area contributed by atoms with Gasteiger partial charge in [-0.2, -0.15) is 0 Å². The number of rotatable bonds is 37. The Kier molecular flexibility index (Phi) is 31.8. The van der Waals surface area contributed by atoms with E-state index >= 15 is 0 Å². The molecule has 5 N–H and O–H groups in total. The van der Waals surface area contributed by atoms with Crippen LogP contribution < -0.4 is 5.73 Å². The van der Waals surface area contributed by atoms with E-state index in [0.29, 0.717) is 19.3 Å². The number of hydrogen-bond donors (Lipinski definition) is 4. The van der Waals surface area contributed by atoms with Gasteiger partial charge in [-0.25, -0.2) is 4.57 Å². The number of carbonyl (C=O) groups is 2. The van der Waals surface area contributed by atoms with Crippen molar-refractivity contribution < 1.29 is 47.8 Å². The van der Waals surface area contributed by atoms with Gasteiger partial charge in [0.15, 0.2) is 6.10 Å². The maximum Gasteiger partial charge on any atom is 0.472 e. The number of ether oxygens (including phenoxy) is 2. The van der Waals surface area contributed by atoms with Gasteiger partial charge in [0.1, 0.15) is 12.4 Å². The van der Waals surface area contributed by atoms with Crippen molar-refractivity contribution in [1.82, 2.24) is 0 Å². The average Bonchev–Trinajstić information content (AvgIpc) is 3.43. The predicted molar refractivity (Wildman–Crippen MR) is 220 cm³/mol. The minimum absolute atomic E-state index is 0.0427. The maximum absolute atomic E-state index is 12.7. The molecule has 0 saturated heterocycles. The normalized spacial score (nSPS) is 19.8. The zero-order valence-corrected chi connectivity index (χ0v) is 35.3. The monoisotopic (exact) mass is 800 g/mol. The molecule has 1 rings (SSSR count). The van der Waals surface area contributed by atoms with Crippen molar-refractivity contribution in [3.8, 4) is 0 Å². The van der Waals surface area contributed by atoms with Crippen LogP contribution in [0.5, 0.6) is 0 Å². The van der Waals surface area contributed by atoms with Crippen molar-refractivity contribution in [2.24, 2.45) is 17.6 Å². The van der Waals surface area contributed by atoms with Crippen LogP contribution in [0.4, 0.5) is 0 Å². The molecule has 0 aromatic carbocycles. The molecule has 1 saturated carbocycles. The molecule has 0 aliphatic heterocycles. The smallest absolute Gasteiger partial charge is 0.472 e. The van der Waals surface area contributed by atoms with Crippen LogP contribution >= 0.6 is 7.82 Å². The Hall–Kier alpha value is -1.85. The van der Waals surface area contributed by atoms with Gasteiger partial charge in [0.2, 0.25) is 0 Å². The Labute approximate surface area is 333 Å². The standard InChI is InChI=1S/C43H78NO10P/c1-3-5-7-8-9-10-11-12-13-14-15-16-17-18-21-25-32-51-35-38(36-53-55(49,50)52-33-31-44)54-43(48)28-24-20-19-23-27-39-40(42(47)34-41(39)46)30-29-37(45)26-22-6-4-2/h10-11,25,29-30,32,37-40,42,45,47H,3-9,12-24,26-28,31,33-36,44H2,1-2H3,(H,49,50)/b11-10-,30-29+,32-25+/t37-,38+,39+,40+,42+/m0/s1. The highest BCUT2D eigenvalue weighted by molar-refractivity contribution is 7.47. The molecule has 0 spiro atoms. The van der Waals surface area contributed by atoms with E-state index in [1.165, 1.54) is 64.2 Å². The van der Waals surface area contributed by atoms with Crippen molar-refractivity contribution in [2.45, 2.75) is 186 Å². The molecule has 320 valence electrons. The van der Waals surface area contributed by atoms with Crippen LogP contribution in [0.1, 0.15) is 168 Å². The molecule has 0 heterocycles. The lowest BCUT2D eigenvalue weighted by Gasteiger charge is -2.19. The van der Waals surface area contributed by atoms with E-state index in [1.807, 2.05) is 12.2 Å². The van der Waals surface area contributed by atoms with Gasteiger partial charge < -0.3 is 30.3 Å². The first-order chi connectivity index (χ1) is 26.6. The second-order valence-electron chi connectivity index (χ2n) is 15.0. The third-order valence-electron chi connectivity index (χ3n) is 9.99. The molecule has 0 aromatic rings. The number of hydrogen-bond acceptors (Lipinski definition) is 10. The summed E-state index contributed by atoms with van der Waals surface area (Å²) in [7, 11) is -4.36. The minimum atomic E-state index is -4.36. The number of ketones is 1. The molecule has 0 amide bonds. The summed E-state index contributed by atoms with van der Waals surface area (Å²) in [4.78, 5) is 35.2. The van der Waals surface area contributed by atoms with Crippen LogP contribution in [0.3, 0.4) is 0 Å². The average molecular weight is 800 g/mol. The molecule has 11 nitrogen and oxygen atoms in total. The van der Waals surface area contributed by atoms with Gasteiger partial charge in [0, 0.05) is 31.2 Å². The molecule has 55 heavy (non-hydrogen) atoms. The number of aliphatic hydroxyl groups is 2. The maximum atomic E-state index is 12.7. The molecule has 0 radical (unpaired) electrons. The Morgan fingerprint density at radius 3 is 2.11 bits per heavy atom. The minimum Gasteiger partial charge on any atom is -0.498 e. The fourth-order valence-corrected chi connectivity index (χ4v) is 7.50. The number of esters is 1. The summed E-state index contributed by atoms with van der Waals surface area (Å²) in [5.74, 6) is -0.948. The first-order valence-corrected chi connectivity index (χ1v) is 23.1. The zero-order chi connectivity index (χ0) is 40.4. The van der Waals surface area contributed by atoms with Gasteiger partial charge in [-0.15, -0.1) is 0 Å². The number of unbranched alkanes of at least 4 members (excludes halogenated alkanes) is 16. The largest absolute Gasteiger partial charge is 0.498 e. The van der Waals surface area contributed by atoms with Crippen molar-refractivity contribution in [3.05, 3.63) is 36.6 Å². The van der Waals surface area contributed by atoms with E-state index in [9.17, 15) is 29.3 Å². The van der Waals surface area contributed by atoms with Crippen molar-refractivity contribution in [3.63, 3.8) is 0 Å². The van der Waals surface area contributed by atoms with Gasteiger partial charge in [-0.05, 0) is 63.9 Å². The van der Waals surface area contributed by atoms with Crippen LogP contribution in [0.2, 0.25) is 0 Å². The van der Waals surface area contributed by atoms with Gasteiger partial charge in [0.05, 0.1) is 31.7 Å². The molecule has 1 aliphatic rings. The molecular formula is C43H78NO10P. The molecule has 1 unspecified atom stereocenters. The molecule has 1 fully saturated rings. The van der Waals surface area contributed by atoms with Crippen LogP contribution in [0.25, 0.3) is 0 Å². The highest BCUT2D eigenvalue weighted by Crippen LogP contribution is 2.43. The number of phosphoric ester groups is 1. The fraction of sp³-hybridized carbons (Fsp3) is 0.814. The number of allylic oxidation sites excluding steroid dienone is 3. The van der Waals surface area contributed by atoms with E-state index < -0.39 is 32.1 Å². The second kappa shape index (κ2) is 34.2. The van der Waals surface area contributed by atoms with Crippen LogP contribution in [-0.4, -0.2) is 71.5 Å². The quantitative estimate of drug-likeness (QED) is 0.0155. The highest BCUT2D eigenvalue weighted by Gasteiger charge is 2.39. The lowest BCUT2D eigenvalue weighted by molar-refractivity contribution is -0.153. The lowest BCUT2D eigenvalue weighted by Crippen LogP contribution is -2.27. The molecule has 12 heteroatoms. The van der Waals surface area contributed by atoms with Gasteiger partial charge in [0.25, 0.3) is 0 Å². The Morgan fingerprint density at radius 1 is 0.836 bits per heavy atom. The number of carbonyl (C=O) groups excluding carboxylic acids is 2. The zero-order valence-electron chi connectivity index (χ0n) is 34.4. The molecule has 1 aliphatic carbocycles. The molecule has 6 atom stereocenters. The molecular weight excluding hydrogens is 721 g/mol. The van der Waals surface area contributed by atoms with E-state index in [-0.39, 0.29) is 56.8 Å². The summed E-state index contributed by atoms with van der Waals surface area (Å²) in [6.45, 7) is 3.84. The van der Waals surface area contributed by atoms with E-state index in [1.54, 1.807) is 12.3 Å². The Balaban J connectivity index is 2.36. The van der Waals surface area contributed by atoms with Crippen LogP contribution in [0, 0.1) is 11.8 Å². The summed E-state index contributed by atoms with van der Waals surface area (Å²) in [5, 5.41) is 20.7. The third kappa shape index (κ3) is 28.2. The SMILES string of the molecule is CCCCCC/C=C\CCCCCCCC/C=C/OC[C@H](COP(=O)(O)OCCN)OC(=O)CCCCCC[C@H]1C(=O)C[C@@H](O)[C@@H]1/C=C/[C@@H](O)CCCCC. The Morgan fingerprint density at radius 2 is 1.44 bits per heavy atom. The van der Waals surface area contributed by atoms with Gasteiger partial charge in [-0.3, -0.25) is 18.6 Å². The van der Waals surface area contributed by atoms with E-state index in [0.717, 1.165) is 57.8 Å². The highest BCUT2D eigenvalue weighted by atomic mass is 31.2. The second-order valence-corrected chi connectivity index (χ2v) is 16.5. The summed E-state index contributed by atoms with van der Waals surface area (Å²) >= 11 is 0. The first-order valence-electron chi connectivity index (χ1n) is 21.6. The van der Waals surface area contributed by atoms with Crippen molar-refractivity contribution in [1.29, 1.82) is 0 Å². The number of nitrogens with two attached hydrogens (primary N) is 1.